The van der Waals surface area contributed by atoms with Crippen LogP contribution in [-0.2, 0) is 10.2 Å². The van der Waals surface area contributed by atoms with E-state index in [1.807, 2.05) is 18.4 Å². The number of nitrogens with one attached hydrogen (secondary N) is 2. The predicted octanol–water partition coefficient (Wildman–Crippen LogP) is 4.16. The maximum atomic E-state index is 5.88. The van der Waals surface area contributed by atoms with Crippen molar-refractivity contribution < 1.29 is 4.74 Å². The van der Waals surface area contributed by atoms with Crippen molar-refractivity contribution in [3.63, 3.8) is 0 Å². The Kier molecular flexibility index (Phi) is 10.2. The number of rotatable bonds is 8. The zero-order chi connectivity index (χ0) is 16.5. The van der Waals surface area contributed by atoms with Gasteiger partial charge in [-0.2, -0.15) is 0 Å². The second-order valence-corrected chi connectivity index (χ2v) is 7.79. The first-order chi connectivity index (χ1) is 11.1. The molecule has 0 amide bonds. The van der Waals surface area contributed by atoms with Crippen LogP contribution in [-0.4, -0.2) is 38.8 Å². The van der Waals surface area contributed by atoms with E-state index in [1.54, 1.807) is 0 Å². The van der Waals surface area contributed by atoms with Gasteiger partial charge in [0.05, 0.1) is 6.10 Å². The Morgan fingerprint density at radius 2 is 2.08 bits per heavy atom. The number of hydrogen-bond donors (Lipinski definition) is 2. The van der Waals surface area contributed by atoms with E-state index in [2.05, 4.69) is 47.0 Å². The summed E-state index contributed by atoms with van der Waals surface area (Å²) in [5.74, 6) is 0.871. The minimum atomic E-state index is 0. The van der Waals surface area contributed by atoms with Gasteiger partial charge in [0.1, 0.15) is 0 Å². The molecule has 1 aromatic rings. The van der Waals surface area contributed by atoms with Crippen molar-refractivity contribution in [3.8, 4) is 0 Å². The van der Waals surface area contributed by atoms with E-state index < -0.39 is 0 Å². The monoisotopic (exact) mass is 465 g/mol. The summed E-state index contributed by atoms with van der Waals surface area (Å²) in [6, 6.07) is 4.31. The molecule has 4 nitrogen and oxygen atoms in total. The molecular formula is C18H32IN3OS. The van der Waals surface area contributed by atoms with E-state index in [4.69, 9.17) is 4.74 Å². The number of aliphatic imine (C=N–C) groups is 1. The van der Waals surface area contributed by atoms with Crippen LogP contribution in [0.5, 0.6) is 0 Å². The average Bonchev–Trinajstić information content (AvgIpc) is 3.23. The molecule has 0 atom stereocenters. The third kappa shape index (κ3) is 7.27. The van der Waals surface area contributed by atoms with Crippen LogP contribution in [0.4, 0.5) is 0 Å². The molecule has 0 aliphatic heterocycles. The molecule has 2 rings (SSSR count). The molecule has 0 spiro atoms. The fourth-order valence-corrected chi connectivity index (χ4v) is 3.71. The smallest absolute Gasteiger partial charge is 0.191 e. The highest BCUT2D eigenvalue weighted by molar-refractivity contribution is 14.0. The van der Waals surface area contributed by atoms with Crippen LogP contribution < -0.4 is 10.6 Å². The van der Waals surface area contributed by atoms with E-state index in [9.17, 15) is 0 Å². The molecular weight excluding hydrogens is 433 g/mol. The number of guanidine groups is 1. The van der Waals surface area contributed by atoms with Crippen molar-refractivity contribution in [2.75, 3.05) is 26.7 Å². The molecule has 1 saturated carbocycles. The zero-order valence-electron chi connectivity index (χ0n) is 15.1. The summed E-state index contributed by atoms with van der Waals surface area (Å²) in [5, 5.41) is 8.94. The van der Waals surface area contributed by atoms with Crippen molar-refractivity contribution in [3.05, 3.63) is 22.4 Å². The van der Waals surface area contributed by atoms with Crippen LogP contribution in [0.1, 0.15) is 50.8 Å². The Hall–Kier alpha value is -0.340. The molecule has 138 valence electrons. The topological polar surface area (TPSA) is 45.7 Å². The lowest BCUT2D eigenvalue weighted by molar-refractivity contribution is 0.0574. The molecule has 0 bridgehead atoms. The normalized spacial score (nSPS) is 16.0. The molecule has 0 radical (unpaired) electrons. The summed E-state index contributed by atoms with van der Waals surface area (Å²) in [5.41, 5.74) is 0.109. The largest absolute Gasteiger partial charge is 0.378 e. The van der Waals surface area contributed by atoms with Crippen molar-refractivity contribution in [1.29, 1.82) is 0 Å². The molecule has 6 heteroatoms. The summed E-state index contributed by atoms with van der Waals surface area (Å²) in [7, 11) is 1.82. The van der Waals surface area contributed by atoms with Crippen molar-refractivity contribution in [1.82, 2.24) is 10.6 Å². The Bertz CT molecular complexity index is 471. The second-order valence-electron chi connectivity index (χ2n) is 6.84. The maximum Gasteiger partial charge on any atom is 0.191 e. The van der Waals surface area contributed by atoms with E-state index >= 15 is 0 Å². The lowest BCUT2D eigenvalue weighted by Crippen LogP contribution is -2.43. The van der Waals surface area contributed by atoms with Gasteiger partial charge in [0, 0.05) is 37.0 Å². The third-order valence-corrected chi connectivity index (χ3v) is 5.61. The Balaban J connectivity index is 0.00000288. The highest BCUT2D eigenvalue weighted by Crippen LogP contribution is 2.26. The molecule has 1 heterocycles. The second kappa shape index (κ2) is 11.3. The maximum absolute atomic E-state index is 5.88. The van der Waals surface area contributed by atoms with Crippen LogP contribution in [0.2, 0.25) is 0 Å². The van der Waals surface area contributed by atoms with Gasteiger partial charge in [0.25, 0.3) is 0 Å². The molecule has 24 heavy (non-hydrogen) atoms. The van der Waals surface area contributed by atoms with Crippen molar-refractivity contribution >= 4 is 41.3 Å². The zero-order valence-corrected chi connectivity index (χ0v) is 18.3. The first-order valence-electron chi connectivity index (χ1n) is 8.72. The van der Waals surface area contributed by atoms with Crippen molar-refractivity contribution in [2.24, 2.45) is 4.99 Å². The van der Waals surface area contributed by atoms with Crippen LogP contribution in [0.15, 0.2) is 22.5 Å². The number of halogens is 1. The van der Waals surface area contributed by atoms with Gasteiger partial charge < -0.3 is 15.4 Å². The van der Waals surface area contributed by atoms with Gasteiger partial charge >= 0.3 is 0 Å². The van der Waals surface area contributed by atoms with Crippen LogP contribution >= 0.6 is 35.3 Å². The van der Waals surface area contributed by atoms with Crippen LogP contribution in [0, 0.1) is 0 Å². The average molecular weight is 465 g/mol. The van der Waals surface area contributed by atoms with Gasteiger partial charge in [-0.25, -0.2) is 0 Å². The van der Waals surface area contributed by atoms with E-state index in [1.165, 1.54) is 30.6 Å². The number of nitrogens with zero attached hydrogens (tertiary/aromatic N) is 1. The molecule has 2 N–H and O–H groups in total. The summed E-state index contributed by atoms with van der Waals surface area (Å²) in [6.45, 7) is 7.12. The quantitative estimate of drug-likeness (QED) is 0.262. The van der Waals surface area contributed by atoms with Gasteiger partial charge in [-0.3, -0.25) is 4.99 Å². The van der Waals surface area contributed by atoms with Gasteiger partial charge in [0.15, 0.2) is 5.96 Å². The SMILES string of the molecule is CN=C(NCCCOC1CCCC1)NCC(C)(C)c1cccs1.I. The Morgan fingerprint density at radius 1 is 1.33 bits per heavy atom. The summed E-state index contributed by atoms with van der Waals surface area (Å²) < 4.78 is 5.88. The first-order valence-corrected chi connectivity index (χ1v) is 9.60. The lowest BCUT2D eigenvalue weighted by Gasteiger charge is -2.25. The Morgan fingerprint density at radius 3 is 2.71 bits per heavy atom. The van der Waals surface area contributed by atoms with Crippen LogP contribution in [0.25, 0.3) is 0 Å². The number of thiophene rings is 1. The lowest BCUT2D eigenvalue weighted by atomic mass is 9.91. The van der Waals surface area contributed by atoms with Gasteiger partial charge in [0.2, 0.25) is 0 Å². The summed E-state index contributed by atoms with van der Waals surface area (Å²) in [6.07, 6.45) is 6.69. The fraction of sp³-hybridized carbons (Fsp3) is 0.722. The van der Waals surface area contributed by atoms with Gasteiger partial charge in [-0.15, -0.1) is 35.3 Å². The number of ether oxygens (including phenoxy) is 1. The number of hydrogen-bond acceptors (Lipinski definition) is 3. The standard InChI is InChI=1S/C18H31N3OS.HI/c1-18(2,16-10-6-13-23-16)14-21-17(19-3)20-11-7-12-22-15-8-4-5-9-15;/h6,10,13,15H,4-5,7-9,11-12,14H2,1-3H3,(H2,19,20,21);1H. The van der Waals surface area contributed by atoms with Crippen LogP contribution in [0.3, 0.4) is 0 Å². The molecule has 1 fully saturated rings. The predicted molar refractivity (Wildman–Crippen MR) is 115 cm³/mol. The fourth-order valence-electron chi connectivity index (χ4n) is 2.86. The Labute approximate surface area is 167 Å². The molecule has 0 aromatic carbocycles. The molecule has 1 aliphatic rings. The molecule has 0 unspecified atom stereocenters. The minimum absolute atomic E-state index is 0. The molecule has 0 saturated heterocycles. The summed E-state index contributed by atoms with van der Waals surface area (Å²) >= 11 is 1.81. The molecule has 1 aliphatic carbocycles. The van der Waals surface area contributed by atoms with E-state index in [0.29, 0.717) is 6.10 Å². The van der Waals surface area contributed by atoms with Gasteiger partial charge in [-0.1, -0.05) is 32.8 Å². The third-order valence-electron chi connectivity index (χ3n) is 4.38. The van der Waals surface area contributed by atoms with E-state index in [0.717, 1.165) is 32.1 Å². The highest BCUT2D eigenvalue weighted by Gasteiger charge is 2.21. The van der Waals surface area contributed by atoms with Gasteiger partial charge in [-0.05, 0) is 30.7 Å². The van der Waals surface area contributed by atoms with E-state index in [-0.39, 0.29) is 29.4 Å². The summed E-state index contributed by atoms with van der Waals surface area (Å²) in [4.78, 5) is 5.70. The molecule has 1 aromatic heterocycles. The van der Waals surface area contributed by atoms with Crippen molar-refractivity contribution in [2.45, 2.75) is 57.5 Å². The minimum Gasteiger partial charge on any atom is -0.378 e. The highest BCUT2D eigenvalue weighted by atomic mass is 127. The first kappa shape index (κ1) is 21.7.